The number of carboxylic acid groups (broad SMARTS) is 2. The predicted molar refractivity (Wildman–Crippen MR) is 139 cm³/mol. The number of carbonyl (C=O) groups is 2. The van der Waals surface area contributed by atoms with Gasteiger partial charge in [-0.15, -0.1) is 0 Å². The topological polar surface area (TPSA) is 106 Å². The molecule has 0 aliphatic carbocycles. The quantitative estimate of drug-likeness (QED) is 0.243. The van der Waals surface area contributed by atoms with Gasteiger partial charge in [-0.05, 0) is 72.1 Å². The van der Waals surface area contributed by atoms with Crippen LogP contribution in [0.4, 0.5) is 4.39 Å². The minimum absolute atomic E-state index is 0.182. The van der Waals surface area contributed by atoms with Crippen molar-refractivity contribution >= 4 is 34.5 Å². The van der Waals surface area contributed by atoms with Crippen molar-refractivity contribution in [3.63, 3.8) is 0 Å². The lowest BCUT2D eigenvalue weighted by Gasteiger charge is -2.39. The van der Waals surface area contributed by atoms with Crippen LogP contribution in [-0.4, -0.2) is 60.1 Å². The summed E-state index contributed by atoms with van der Waals surface area (Å²) in [7, 11) is 0. The molecule has 10 heteroatoms. The second-order valence-corrected chi connectivity index (χ2v) is 9.93. The lowest BCUT2D eigenvalue weighted by atomic mass is 9.80. The summed E-state index contributed by atoms with van der Waals surface area (Å²) in [4.78, 5) is 20.8. The van der Waals surface area contributed by atoms with E-state index in [1.54, 1.807) is 12.1 Å². The number of hydrogen-bond donors (Lipinski definition) is 2. The molecule has 0 aromatic heterocycles. The van der Waals surface area contributed by atoms with E-state index in [2.05, 4.69) is 34.4 Å². The molecule has 0 saturated carbocycles. The van der Waals surface area contributed by atoms with E-state index in [1.165, 1.54) is 24.8 Å². The Bertz CT molecular complexity index is 1020. The number of ether oxygens (including phenoxy) is 3. The SMILES string of the molecule is CCCCCN1CC[C@@H](c2ccc(F)cc2)[C@H](COc2cc3c(cc2I)OCO3)C1.O=C(O)C(=O)O. The molecule has 196 valence electrons. The average Bonchev–Trinajstić information content (AvgIpc) is 3.31. The van der Waals surface area contributed by atoms with Crippen LogP contribution in [0.2, 0.25) is 0 Å². The molecule has 36 heavy (non-hydrogen) atoms. The van der Waals surface area contributed by atoms with Gasteiger partial charge in [0.15, 0.2) is 11.5 Å². The molecular weight excluding hydrogens is 584 g/mol. The lowest BCUT2D eigenvalue weighted by Crippen LogP contribution is -2.42. The summed E-state index contributed by atoms with van der Waals surface area (Å²) in [5.41, 5.74) is 1.21. The molecule has 0 spiro atoms. The van der Waals surface area contributed by atoms with Gasteiger partial charge in [-0.3, -0.25) is 0 Å². The van der Waals surface area contributed by atoms with E-state index in [4.69, 9.17) is 34.0 Å². The summed E-state index contributed by atoms with van der Waals surface area (Å²) in [6.07, 6.45) is 4.82. The second-order valence-electron chi connectivity index (χ2n) is 8.77. The smallest absolute Gasteiger partial charge is 0.414 e. The van der Waals surface area contributed by atoms with Gasteiger partial charge in [0, 0.05) is 24.6 Å². The molecule has 0 amide bonds. The number of likely N-dealkylation sites (tertiary alicyclic amines) is 1. The van der Waals surface area contributed by atoms with Gasteiger partial charge in [-0.25, -0.2) is 14.0 Å². The zero-order chi connectivity index (χ0) is 26.1. The van der Waals surface area contributed by atoms with Crippen LogP contribution >= 0.6 is 22.6 Å². The fourth-order valence-corrected chi connectivity index (χ4v) is 5.01. The number of carboxylic acids is 2. The van der Waals surface area contributed by atoms with Crippen LogP contribution in [-0.2, 0) is 9.59 Å². The van der Waals surface area contributed by atoms with Gasteiger partial charge in [0.1, 0.15) is 11.6 Å². The van der Waals surface area contributed by atoms with E-state index in [0.717, 1.165) is 46.9 Å². The van der Waals surface area contributed by atoms with E-state index in [0.29, 0.717) is 18.4 Å². The minimum Gasteiger partial charge on any atom is -0.492 e. The summed E-state index contributed by atoms with van der Waals surface area (Å²) in [5, 5.41) is 14.8. The van der Waals surface area contributed by atoms with Crippen molar-refractivity contribution in [2.45, 2.75) is 38.5 Å². The van der Waals surface area contributed by atoms with Crippen LogP contribution < -0.4 is 14.2 Å². The maximum Gasteiger partial charge on any atom is 0.414 e. The third kappa shape index (κ3) is 7.95. The Morgan fingerprint density at radius 2 is 1.78 bits per heavy atom. The number of nitrogens with zero attached hydrogens (tertiary/aromatic N) is 1. The molecule has 2 N–H and O–H groups in total. The molecule has 2 aliphatic heterocycles. The molecule has 0 bridgehead atoms. The molecule has 0 unspecified atom stereocenters. The van der Waals surface area contributed by atoms with Crippen LogP contribution in [0.1, 0.15) is 44.1 Å². The Kier molecular flexibility index (Phi) is 10.6. The molecule has 2 aliphatic rings. The van der Waals surface area contributed by atoms with Gasteiger partial charge in [-0.2, -0.15) is 0 Å². The maximum atomic E-state index is 13.5. The van der Waals surface area contributed by atoms with Crippen molar-refractivity contribution in [2.24, 2.45) is 5.92 Å². The zero-order valence-corrected chi connectivity index (χ0v) is 22.3. The number of rotatable bonds is 8. The van der Waals surface area contributed by atoms with E-state index in [-0.39, 0.29) is 12.6 Å². The Balaban J connectivity index is 0.000000538. The normalized spacial score (nSPS) is 18.8. The average molecular weight is 615 g/mol. The standard InChI is InChI=1S/C24H29FINO3.C2H2O4/c1-2-3-4-10-27-11-9-20(17-5-7-19(25)8-6-17)18(14-27)15-28-22-13-24-23(12-21(22)26)29-16-30-24;3-1(4)2(5)6/h5-8,12-13,18,20H,2-4,9-11,14-16H2,1H3;(H,3,4)(H,5,6)/t18-,20-;/m0./s1. The number of unbranched alkanes of at least 4 members (excludes halogenated alkanes) is 2. The van der Waals surface area contributed by atoms with Gasteiger partial charge >= 0.3 is 11.9 Å². The number of fused-ring (bicyclic) bond motifs is 1. The highest BCUT2D eigenvalue weighted by Gasteiger charge is 2.31. The summed E-state index contributed by atoms with van der Waals surface area (Å²) < 4.78 is 31.7. The highest BCUT2D eigenvalue weighted by molar-refractivity contribution is 14.1. The van der Waals surface area contributed by atoms with Crippen molar-refractivity contribution < 1.29 is 38.4 Å². The molecule has 1 saturated heterocycles. The molecule has 2 atom stereocenters. The van der Waals surface area contributed by atoms with Gasteiger partial charge in [-0.1, -0.05) is 31.9 Å². The second kappa shape index (κ2) is 13.6. The highest BCUT2D eigenvalue weighted by Crippen LogP contribution is 2.40. The van der Waals surface area contributed by atoms with Crippen molar-refractivity contribution in [2.75, 3.05) is 33.0 Å². The fraction of sp³-hybridized carbons (Fsp3) is 0.462. The number of aliphatic carboxylic acids is 2. The Morgan fingerprint density at radius 1 is 1.11 bits per heavy atom. The predicted octanol–water partition coefficient (Wildman–Crippen LogP) is 4.99. The van der Waals surface area contributed by atoms with Crippen molar-refractivity contribution in [3.8, 4) is 17.2 Å². The van der Waals surface area contributed by atoms with Gasteiger partial charge in [0.25, 0.3) is 0 Å². The van der Waals surface area contributed by atoms with Crippen molar-refractivity contribution in [1.82, 2.24) is 4.90 Å². The van der Waals surface area contributed by atoms with E-state index >= 15 is 0 Å². The Labute approximate surface area is 223 Å². The number of benzene rings is 2. The maximum absolute atomic E-state index is 13.5. The van der Waals surface area contributed by atoms with E-state index in [9.17, 15) is 4.39 Å². The van der Waals surface area contributed by atoms with Crippen LogP contribution in [0.25, 0.3) is 0 Å². The molecule has 2 heterocycles. The van der Waals surface area contributed by atoms with Gasteiger partial charge in [0.2, 0.25) is 6.79 Å². The third-order valence-electron chi connectivity index (χ3n) is 6.26. The summed E-state index contributed by atoms with van der Waals surface area (Å²) in [6, 6.07) is 10.9. The van der Waals surface area contributed by atoms with Gasteiger partial charge < -0.3 is 29.3 Å². The summed E-state index contributed by atoms with van der Waals surface area (Å²) in [5.74, 6) is -0.753. The number of halogens is 2. The van der Waals surface area contributed by atoms with E-state index < -0.39 is 11.9 Å². The van der Waals surface area contributed by atoms with Crippen molar-refractivity contribution in [1.29, 1.82) is 0 Å². The monoisotopic (exact) mass is 615 g/mol. The molecule has 0 radical (unpaired) electrons. The van der Waals surface area contributed by atoms with Crippen LogP contribution in [0.5, 0.6) is 17.2 Å². The molecule has 1 fully saturated rings. The largest absolute Gasteiger partial charge is 0.492 e. The van der Waals surface area contributed by atoms with Gasteiger partial charge in [0.05, 0.1) is 10.2 Å². The minimum atomic E-state index is -1.82. The summed E-state index contributed by atoms with van der Waals surface area (Å²) in [6.45, 7) is 6.36. The first-order chi connectivity index (χ1) is 17.3. The molecule has 2 aromatic rings. The number of piperidine rings is 1. The molecule has 8 nitrogen and oxygen atoms in total. The van der Waals surface area contributed by atoms with Crippen LogP contribution in [0.3, 0.4) is 0 Å². The first-order valence-corrected chi connectivity index (χ1v) is 13.0. The molecule has 2 aromatic carbocycles. The van der Waals surface area contributed by atoms with E-state index in [1.807, 2.05) is 24.3 Å². The number of hydrogen-bond acceptors (Lipinski definition) is 6. The Morgan fingerprint density at radius 3 is 2.42 bits per heavy atom. The van der Waals surface area contributed by atoms with Crippen LogP contribution in [0.15, 0.2) is 36.4 Å². The first kappa shape index (κ1) is 28.0. The zero-order valence-electron chi connectivity index (χ0n) is 20.1. The first-order valence-electron chi connectivity index (χ1n) is 11.9. The summed E-state index contributed by atoms with van der Waals surface area (Å²) >= 11 is 2.28. The Hall–Kier alpha value is -2.60. The lowest BCUT2D eigenvalue weighted by molar-refractivity contribution is -0.159. The van der Waals surface area contributed by atoms with Crippen LogP contribution in [0, 0.1) is 15.3 Å². The fourth-order valence-electron chi connectivity index (χ4n) is 4.42. The third-order valence-corrected chi connectivity index (χ3v) is 7.10. The highest BCUT2D eigenvalue weighted by atomic mass is 127. The molecular formula is C26H31FINO7. The van der Waals surface area contributed by atoms with Crippen molar-refractivity contribution in [3.05, 3.63) is 51.3 Å². The molecule has 4 rings (SSSR count).